The molecule has 4 nitrogen and oxygen atoms in total. The van der Waals surface area contributed by atoms with Crippen LogP contribution >= 0.6 is 0 Å². The van der Waals surface area contributed by atoms with Crippen LogP contribution in [0.25, 0.3) is 0 Å². The standard InChI is InChI=1S/C13H22N2O2/c16-12-6-7-13(17)15(12)9-3-5-11-4-1-2-8-14-10-11/h11,14H,1-10H2. The van der Waals surface area contributed by atoms with Crippen LogP contribution in [0.1, 0.15) is 44.9 Å². The summed E-state index contributed by atoms with van der Waals surface area (Å²) in [6.07, 6.45) is 6.80. The third-order valence-electron chi connectivity index (χ3n) is 3.80. The molecular formula is C13H22N2O2. The average molecular weight is 238 g/mol. The quantitative estimate of drug-likeness (QED) is 0.751. The minimum Gasteiger partial charge on any atom is -0.316 e. The highest BCUT2D eigenvalue weighted by Gasteiger charge is 2.28. The van der Waals surface area contributed by atoms with Gasteiger partial charge in [-0.05, 0) is 44.7 Å². The molecule has 2 saturated heterocycles. The molecule has 1 unspecified atom stereocenters. The van der Waals surface area contributed by atoms with Gasteiger partial charge >= 0.3 is 0 Å². The maximum absolute atomic E-state index is 11.4. The first kappa shape index (κ1) is 12.6. The van der Waals surface area contributed by atoms with E-state index in [1.54, 1.807) is 0 Å². The van der Waals surface area contributed by atoms with Gasteiger partial charge in [0.1, 0.15) is 0 Å². The molecule has 2 amide bonds. The SMILES string of the molecule is O=C1CCC(=O)N1CCCC1CCCCNC1. The van der Waals surface area contributed by atoms with Gasteiger partial charge in [-0.25, -0.2) is 0 Å². The molecule has 96 valence electrons. The molecule has 0 aromatic rings. The predicted octanol–water partition coefficient (Wildman–Crippen LogP) is 1.31. The Kier molecular flexibility index (Phi) is 4.54. The predicted molar refractivity (Wildman–Crippen MR) is 65.4 cm³/mol. The molecule has 4 heteroatoms. The van der Waals surface area contributed by atoms with E-state index in [1.807, 2.05) is 0 Å². The van der Waals surface area contributed by atoms with Gasteiger partial charge in [-0.1, -0.05) is 6.42 Å². The topological polar surface area (TPSA) is 49.4 Å². The van der Waals surface area contributed by atoms with Crippen LogP contribution in [0.5, 0.6) is 0 Å². The number of nitrogens with one attached hydrogen (secondary N) is 1. The number of imide groups is 1. The number of carbonyl (C=O) groups excluding carboxylic acids is 2. The second kappa shape index (κ2) is 6.15. The summed E-state index contributed by atoms with van der Waals surface area (Å²) in [4.78, 5) is 24.3. The molecule has 2 aliphatic heterocycles. The first-order valence-electron chi connectivity index (χ1n) is 6.81. The number of nitrogens with zero attached hydrogens (tertiary/aromatic N) is 1. The van der Waals surface area contributed by atoms with Gasteiger partial charge in [0.25, 0.3) is 0 Å². The van der Waals surface area contributed by atoms with Gasteiger partial charge in [0, 0.05) is 19.4 Å². The smallest absolute Gasteiger partial charge is 0.229 e. The largest absolute Gasteiger partial charge is 0.316 e. The van der Waals surface area contributed by atoms with Crippen molar-refractivity contribution in [3.8, 4) is 0 Å². The van der Waals surface area contributed by atoms with Crippen LogP contribution in [0.3, 0.4) is 0 Å². The molecular weight excluding hydrogens is 216 g/mol. The monoisotopic (exact) mass is 238 g/mol. The Bertz CT molecular complexity index is 267. The number of amides is 2. The highest BCUT2D eigenvalue weighted by molar-refractivity contribution is 6.01. The second-order valence-corrected chi connectivity index (χ2v) is 5.15. The minimum absolute atomic E-state index is 0.0222. The van der Waals surface area contributed by atoms with Crippen molar-refractivity contribution in [2.75, 3.05) is 19.6 Å². The molecule has 0 aromatic carbocycles. The van der Waals surface area contributed by atoms with Gasteiger partial charge in [-0.3, -0.25) is 14.5 Å². The van der Waals surface area contributed by atoms with Crippen LogP contribution in [-0.4, -0.2) is 36.3 Å². The Labute approximate surface area is 103 Å². The van der Waals surface area contributed by atoms with E-state index in [1.165, 1.54) is 24.2 Å². The molecule has 1 N–H and O–H groups in total. The summed E-state index contributed by atoms with van der Waals surface area (Å²) in [6, 6.07) is 0. The van der Waals surface area contributed by atoms with Crippen LogP contribution in [-0.2, 0) is 9.59 Å². The van der Waals surface area contributed by atoms with Crippen LogP contribution in [0, 0.1) is 5.92 Å². The molecule has 0 bridgehead atoms. The number of carbonyl (C=O) groups is 2. The zero-order valence-electron chi connectivity index (χ0n) is 10.4. The van der Waals surface area contributed by atoms with Gasteiger partial charge in [0.05, 0.1) is 0 Å². The molecule has 0 aromatic heterocycles. The van der Waals surface area contributed by atoms with Crippen molar-refractivity contribution in [2.24, 2.45) is 5.92 Å². The molecule has 2 aliphatic rings. The lowest BCUT2D eigenvalue weighted by atomic mass is 9.98. The molecule has 2 fully saturated rings. The lowest BCUT2D eigenvalue weighted by Crippen LogP contribution is -2.30. The summed E-state index contributed by atoms with van der Waals surface area (Å²) < 4.78 is 0. The molecule has 2 rings (SSSR count). The van der Waals surface area contributed by atoms with E-state index in [4.69, 9.17) is 0 Å². The Hall–Kier alpha value is -0.900. The first-order chi connectivity index (χ1) is 8.27. The van der Waals surface area contributed by atoms with Crippen LogP contribution in [0.15, 0.2) is 0 Å². The maximum Gasteiger partial charge on any atom is 0.229 e. The van der Waals surface area contributed by atoms with E-state index >= 15 is 0 Å². The van der Waals surface area contributed by atoms with Gasteiger partial charge in [0.2, 0.25) is 11.8 Å². The number of likely N-dealkylation sites (tertiary alicyclic amines) is 1. The number of rotatable bonds is 4. The summed E-state index contributed by atoms with van der Waals surface area (Å²) >= 11 is 0. The molecule has 0 radical (unpaired) electrons. The van der Waals surface area contributed by atoms with Crippen molar-refractivity contribution in [1.29, 1.82) is 0 Å². The zero-order valence-corrected chi connectivity index (χ0v) is 10.4. The molecule has 0 saturated carbocycles. The van der Waals surface area contributed by atoms with Crippen molar-refractivity contribution in [3.63, 3.8) is 0 Å². The van der Waals surface area contributed by atoms with Crippen molar-refractivity contribution in [3.05, 3.63) is 0 Å². The fourth-order valence-electron chi connectivity index (χ4n) is 2.75. The Morgan fingerprint density at radius 3 is 2.71 bits per heavy atom. The lowest BCUT2D eigenvalue weighted by Gasteiger charge is -2.17. The minimum atomic E-state index is 0.0222. The van der Waals surface area contributed by atoms with E-state index in [0.717, 1.165) is 31.8 Å². The van der Waals surface area contributed by atoms with E-state index in [9.17, 15) is 9.59 Å². The Morgan fingerprint density at radius 2 is 1.94 bits per heavy atom. The fourth-order valence-corrected chi connectivity index (χ4v) is 2.75. The fraction of sp³-hybridized carbons (Fsp3) is 0.846. The number of hydrogen-bond donors (Lipinski definition) is 1. The number of hydrogen-bond acceptors (Lipinski definition) is 3. The molecule has 0 spiro atoms. The molecule has 2 heterocycles. The lowest BCUT2D eigenvalue weighted by molar-refractivity contribution is -0.138. The van der Waals surface area contributed by atoms with Crippen molar-refractivity contribution >= 4 is 11.8 Å². The highest BCUT2D eigenvalue weighted by atomic mass is 16.2. The highest BCUT2D eigenvalue weighted by Crippen LogP contribution is 2.18. The van der Waals surface area contributed by atoms with Crippen molar-refractivity contribution in [1.82, 2.24) is 10.2 Å². The van der Waals surface area contributed by atoms with Crippen LogP contribution in [0.2, 0.25) is 0 Å². The van der Waals surface area contributed by atoms with Gasteiger partial charge < -0.3 is 5.32 Å². The summed E-state index contributed by atoms with van der Waals surface area (Å²) in [5.74, 6) is 0.772. The summed E-state index contributed by atoms with van der Waals surface area (Å²) in [5.41, 5.74) is 0. The summed E-state index contributed by atoms with van der Waals surface area (Å²) in [5, 5.41) is 3.45. The zero-order chi connectivity index (χ0) is 12.1. The van der Waals surface area contributed by atoms with Gasteiger partial charge in [-0.2, -0.15) is 0 Å². The third kappa shape index (κ3) is 3.53. The Balaban J connectivity index is 1.68. The first-order valence-corrected chi connectivity index (χ1v) is 6.81. The summed E-state index contributed by atoms with van der Waals surface area (Å²) in [6.45, 7) is 2.87. The van der Waals surface area contributed by atoms with Crippen molar-refractivity contribution < 1.29 is 9.59 Å². The molecule has 1 atom stereocenters. The third-order valence-corrected chi connectivity index (χ3v) is 3.80. The normalized spacial score (nSPS) is 26.4. The summed E-state index contributed by atoms with van der Waals surface area (Å²) in [7, 11) is 0. The van der Waals surface area contributed by atoms with Crippen LogP contribution < -0.4 is 5.32 Å². The van der Waals surface area contributed by atoms with Crippen LogP contribution in [0.4, 0.5) is 0 Å². The van der Waals surface area contributed by atoms with Crippen molar-refractivity contribution in [2.45, 2.75) is 44.9 Å². The van der Waals surface area contributed by atoms with Gasteiger partial charge in [0.15, 0.2) is 0 Å². The van der Waals surface area contributed by atoms with E-state index < -0.39 is 0 Å². The maximum atomic E-state index is 11.4. The Morgan fingerprint density at radius 1 is 1.18 bits per heavy atom. The molecule has 17 heavy (non-hydrogen) atoms. The molecule has 0 aliphatic carbocycles. The second-order valence-electron chi connectivity index (χ2n) is 5.15. The van der Waals surface area contributed by atoms with Gasteiger partial charge in [-0.15, -0.1) is 0 Å². The van der Waals surface area contributed by atoms with E-state index in [2.05, 4.69) is 5.32 Å². The average Bonchev–Trinajstić information content (AvgIpc) is 2.57. The van der Waals surface area contributed by atoms with E-state index in [0.29, 0.717) is 19.4 Å². The van der Waals surface area contributed by atoms with E-state index in [-0.39, 0.29) is 11.8 Å².